The molecule has 1 aromatic heterocycles. The van der Waals surface area contributed by atoms with Crippen LogP contribution in [-0.2, 0) is 0 Å². The minimum Gasteiger partial charge on any atom is -0.308 e. The van der Waals surface area contributed by atoms with Crippen molar-refractivity contribution >= 4 is 0 Å². The van der Waals surface area contributed by atoms with Crippen LogP contribution in [0.4, 0.5) is 0 Å². The van der Waals surface area contributed by atoms with E-state index < -0.39 is 0 Å². The van der Waals surface area contributed by atoms with Crippen molar-refractivity contribution in [1.29, 1.82) is 0 Å². The van der Waals surface area contributed by atoms with Gasteiger partial charge >= 0.3 is 0 Å². The molecule has 0 saturated heterocycles. The number of aryl methyl sites for hydroxylation is 1. The Bertz CT molecular complexity index is 492. The van der Waals surface area contributed by atoms with Crippen LogP contribution in [-0.4, -0.2) is 12.0 Å². The van der Waals surface area contributed by atoms with Crippen LogP contribution in [0.2, 0.25) is 0 Å². The molecular weight excluding hydrogens is 208 g/mol. The third-order valence-electron chi connectivity index (χ3n) is 3.23. The molecule has 2 nitrogen and oxygen atoms in total. The van der Waals surface area contributed by atoms with Crippen LogP contribution in [0.15, 0.2) is 42.6 Å². The van der Waals surface area contributed by atoms with Crippen molar-refractivity contribution in [3.63, 3.8) is 0 Å². The first-order chi connectivity index (χ1) is 8.24. The van der Waals surface area contributed by atoms with E-state index in [-0.39, 0.29) is 6.04 Å². The van der Waals surface area contributed by atoms with Crippen LogP contribution >= 0.6 is 0 Å². The Hall–Kier alpha value is -1.67. The lowest BCUT2D eigenvalue weighted by Crippen LogP contribution is -2.20. The van der Waals surface area contributed by atoms with E-state index in [0.717, 1.165) is 5.69 Å². The third-order valence-corrected chi connectivity index (χ3v) is 3.23. The van der Waals surface area contributed by atoms with Gasteiger partial charge in [0.2, 0.25) is 0 Å². The second-order valence-electron chi connectivity index (χ2n) is 4.27. The van der Waals surface area contributed by atoms with Gasteiger partial charge in [0, 0.05) is 6.20 Å². The van der Waals surface area contributed by atoms with Crippen LogP contribution in [0.3, 0.4) is 0 Å². The summed E-state index contributed by atoms with van der Waals surface area (Å²) in [7, 11) is 1.97. The van der Waals surface area contributed by atoms with Gasteiger partial charge in [-0.05, 0) is 49.7 Å². The van der Waals surface area contributed by atoms with E-state index >= 15 is 0 Å². The Morgan fingerprint density at radius 2 is 1.88 bits per heavy atom. The van der Waals surface area contributed by atoms with Gasteiger partial charge in [0.1, 0.15) is 0 Å². The maximum atomic E-state index is 4.43. The number of nitrogens with one attached hydrogen (secondary N) is 1. The number of nitrogens with zero attached hydrogens (tertiary/aromatic N) is 1. The Morgan fingerprint density at radius 1 is 1.06 bits per heavy atom. The summed E-state index contributed by atoms with van der Waals surface area (Å²) in [6.45, 7) is 4.31. The predicted molar refractivity (Wildman–Crippen MR) is 71.1 cm³/mol. The van der Waals surface area contributed by atoms with Crippen molar-refractivity contribution in [2.75, 3.05) is 7.05 Å². The molecule has 0 aliphatic carbocycles. The van der Waals surface area contributed by atoms with Crippen LogP contribution in [0.25, 0.3) is 0 Å². The van der Waals surface area contributed by atoms with Crippen LogP contribution in [0, 0.1) is 13.8 Å². The van der Waals surface area contributed by atoms with Gasteiger partial charge < -0.3 is 5.32 Å². The van der Waals surface area contributed by atoms with E-state index in [1.807, 2.05) is 25.4 Å². The van der Waals surface area contributed by atoms with Crippen molar-refractivity contribution in [3.05, 3.63) is 65.0 Å². The Balaban J connectivity index is 2.46. The Labute approximate surface area is 103 Å². The molecule has 1 unspecified atom stereocenters. The number of hydrogen-bond acceptors (Lipinski definition) is 2. The van der Waals surface area contributed by atoms with Gasteiger partial charge in [0.15, 0.2) is 0 Å². The van der Waals surface area contributed by atoms with Crippen LogP contribution in [0.1, 0.15) is 28.4 Å². The number of pyridine rings is 1. The van der Waals surface area contributed by atoms with E-state index in [0.29, 0.717) is 0 Å². The van der Waals surface area contributed by atoms with Gasteiger partial charge in [-0.3, -0.25) is 4.98 Å². The first-order valence-corrected chi connectivity index (χ1v) is 5.88. The fourth-order valence-corrected chi connectivity index (χ4v) is 2.10. The molecule has 1 heterocycles. The molecule has 1 N–H and O–H groups in total. The molecule has 0 bridgehead atoms. The second kappa shape index (κ2) is 5.11. The van der Waals surface area contributed by atoms with Gasteiger partial charge in [-0.15, -0.1) is 0 Å². The molecule has 0 aliphatic heterocycles. The highest BCUT2D eigenvalue weighted by Gasteiger charge is 2.15. The average molecular weight is 226 g/mol. The Kier molecular flexibility index (Phi) is 3.55. The summed E-state index contributed by atoms with van der Waals surface area (Å²) < 4.78 is 0. The SMILES string of the molecule is CNC(c1ccccn1)c1cccc(C)c1C. The highest BCUT2D eigenvalue weighted by atomic mass is 14.9. The predicted octanol–water partition coefficient (Wildman–Crippen LogP) is 3.01. The van der Waals surface area contributed by atoms with E-state index in [4.69, 9.17) is 0 Å². The van der Waals surface area contributed by atoms with Gasteiger partial charge in [0.05, 0.1) is 11.7 Å². The zero-order valence-corrected chi connectivity index (χ0v) is 10.6. The van der Waals surface area contributed by atoms with E-state index in [2.05, 4.69) is 48.4 Å². The zero-order chi connectivity index (χ0) is 12.3. The molecular formula is C15H18N2. The van der Waals surface area contributed by atoms with E-state index in [1.54, 1.807) is 0 Å². The normalized spacial score (nSPS) is 12.4. The Morgan fingerprint density at radius 3 is 2.53 bits per heavy atom. The fourth-order valence-electron chi connectivity index (χ4n) is 2.10. The number of hydrogen-bond donors (Lipinski definition) is 1. The summed E-state index contributed by atoms with van der Waals surface area (Å²) in [6, 6.07) is 12.6. The zero-order valence-electron chi connectivity index (χ0n) is 10.6. The smallest absolute Gasteiger partial charge is 0.0751 e. The summed E-state index contributed by atoms with van der Waals surface area (Å²) in [5.74, 6) is 0. The van der Waals surface area contributed by atoms with Crippen molar-refractivity contribution in [2.24, 2.45) is 0 Å². The van der Waals surface area contributed by atoms with E-state index in [1.165, 1.54) is 16.7 Å². The van der Waals surface area contributed by atoms with Gasteiger partial charge in [0.25, 0.3) is 0 Å². The highest BCUT2D eigenvalue weighted by molar-refractivity contribution is 5.38. The lowest BCUT2D eigenvalue weighted by atomic mass is 9.95. The largest absolute Gasteiger partial charge is 0.308 e. The number of aromatic nitrogens is 1. The molecule has 0 radical (unpaired) electrons. The van der Waals surface area contributed by atoms with Crippen LogP contribution < -0.4 is 5.32 Å². The molecule has 0 spiro atoms. The molecule has 2 heteroatoms. The first kappa shape index (κ1) is 11.8. The standard InChI is InChI=1S/C15H18N2/c1-11-7-6-8-13(12(11)2)15(16-3)14-9-4-5-10-17-14/h4-10,15-16H,1-3H3. The van der Waals surface area contributed by atoms with Gasteiger partial charge in [-0.2, -0.15) is 0 Å². The third kappa shape index (κ3) is 2.37. The van der Waals surface area contributed by atoms with E-state index in [9.17, 15) is 0 Å². The number of benzene rings is 1. The molecule has 88 valence electrons. The second-order valence-corrected chi connectivity index (χ2v) is 4.27. The van der Waals surface area contributed by atoms with Crippen LogP contribution in [0.5, 0.6) is 0 Å². The molecule has 2 rings (SSSR count). The molecule has 1 aromatic carbocycles. The molecule has 0 saturated carbocycles. The molecule has 1 atom stereocenters. The van der Waals surface area contributed by atoms with Crippen molar-refractivity contribution in [1.82, 2.24) is 10.3 Å². The minimum absolute atomic E-state index is 0.163. The van der Waals surface area contributed by atoms with Crippen molar-refractivity contribution < 1.29 is 0 Å². The fraction of sp³-hybridized carbons (Fsp3) is 0.267. The maximum absolute atomic E-state index is 4.43. The molecule has 2 aromatic rings. The lowest BCUT2D eigenvalue weighted by Gasteiger charge is -2.19. The first-order valence-electron chi connectivity index (χ1n) is 5.88. The summed E-state index contributed by atoms with van der Waals surface area (Å²) in [5.41, 5.74) is 5.01. The van der Waals surface area contributed by atoms with Crippen molar-refractivity contribution in [3.8, 4) is 0 Å². The average Bonchev–Trinajstić information content (AvgIpc) is 2.37. The lowest BCUT2D eigenvalue weighted by molar-refractivity contribution is 0.666. The summed E-state index contributed by atoms with van der Waals surface area (Å²) in [4.78, 5) is 4.43. The summed E-state index contributed by atoms with van der Waals surface area (Å²) >= 11 is 0. The molecule has 0 aliphatic rings. The molecule has 0 fully saturated rings. The molecule has 17 heavy (non-hydrogen) atoms. The topological polar surface area (TPSA) is 24.9 Å². The van der Waals surface area contributed by atoms with Gasteiger partial charge in [-0.1, -0.05) is 24.3 Å². The van der Waals surface area contributed by atoms with Crippen molar-refractivity contribution in [2.45, 2.75) is 19.9 Å². The maximum Gasteiger partial charge on any atom is 0.0751 e. The minimum atomic E-state index is 0.163. The quantitative estimate of drug-likeness (QED) is 0.870. The highest BCUT2D eigenvalue weighted by Crippen LogP contribution is 2.24. The van der Waals surface area contributed by atoms with Gasteiger partial charge in [-0.25, -0.2) is 0 Å². The number of rotatable bonds is 3. The summed E-state index contributed by atoms with van der Waals surface area (Å²) in [6.07, 6.45) is 1.84. The summed E-state index contributed by atoms with van der Waals surface area (Å²) in [5, 5.41) is 3.34. The molecule has 0 amide bonds. The monoisotopic (exact) mass is 226 g/mol.